The molecule has 1 aliphatic heterocycles. The van der Waals surface area contributed by atoms with Crippen LogP contribution in [0.15, 0.2) is 0 Å². The summed E-state index contributed by atoms with van der Waals surface area (Å²) in [5.74, 6) is 8.14. The van der Waals surface area contributed by atoms with E-state index in [2.05, 4.69) is 13.0 Å². The molecule has 1 atom stereocenters. The van der Waals surface area contributed by atoms with Crippen molar-refractivity contribution in [3.8, 4) is 6.07 Å². The average Bonchev–Trinajstić information content (AvgIpc) is 2.87. The van der Waals surface area contributed by atoms with Crippen molar-refractivity contribution in [1.82, 2.24) is 9.91 Å². The first-order valence-electron chi connectivity index (χ1n) is 6.90. The lowest BCUT2D eigenvalue weighted by Gasteiger charge is -2.33. The molecule has 2 rings (SSSR count). The summed E-state index contributed by atoms with van der Waals surface area (Å²) in [5, 5.41) is 10.7. The quantitative estimate of drug-likeness (QED) is 0.621. The van der Waals surface area contributed by atoms with Gasteiger partial charge in [0.25, 0.3) is 0 Å². The third-order valence-corrected chi connectivity index (χ3v) is 5.14. The molecule has 0 spiro atoms. The molecular formula is C13H22N4OS. The highest BCUT2D eigenvalue weighted by Gasteiger charge is 2.31. The van der Waals surface area contributed by atoms with Gasteiger partial charge in [-0.15, -0.1) is 11.8 Å². The molecule has 2 fully saturated rings. The van der Waals surface area contributed by atoms with Gasteiger partial charge in [0, 0.05) is 11.8 Å². The number of carbonyl (C=O) groups is 1. The van der Waals surface area contributed by atoms with E-state index in [1.807, 2.05) is 0 Å². The molecule has 0 radical (unpaired) electrons. The van der Waals surface area contributed by atoms with Crippen molar-refractivity contribution in [2.75, 3.05) is 18.2 Å². The monoisotopic (exact) mass is 282 g/mol. The summed E-state index contributed by atoms with van der Waals surface area (Å²) in [4.78, 5) is 13.8. The standard InChI is InChI=1S/C13H22N4OS/c1-10-2-4-11(5-3-10)17(15)7-13(18)16-9-19-8-12(16)6-14/h10-12H,2-5,7-9,15H2,1H3. The van der Waals surface area contributed by atoms with Crippen LogP contribution in [0.2, 0.25) is 0 Å². The highest BCUT2D eigenvalue weighted by atomic mass is 32.2. The maximum atomic E-state index is 12.2. The molecule has 6 heteroatoms. The number of hydrogen-bond donors (Lipinski definition) is 1. The van der Waals surface area contributed by atoms with E-state index < -0.39 is 0 Å². The van der Waals surface area contributed by atoms with Crippen LogP contribution in [0.25, 0.3) is 0 Å². The van der Waals surface area contributed by atoms with Crippen molar-refractivity contribution in [3.63, 3.8) is 0 Å². The molecule has 1 amide bonds. The first-order chi connectivity index (χ1) is 9.11. The van der Waals surface area contributed by atoms with Gasteiger partial charge in [0.1, 0.15) is 6.04 Å². The number of thioether (sulfide) groups is 1. The molecule has 1 unspecified atom stereocenters. The second-order valence-electron chi connectivity index (χ2n) is 5.59. The maximum Gasteiger partial charge on any atom is 0.239 e. The Labute approximate surface area is 119 Å². The Morgan fingerprint density at radius 1 is 1.47 bits per heavy atom. The van der Waals surface area contributed by atoms with Gasteiger partial charge in [-0.3, -0.25) is 10.6 Å². The number of nitrogens with zero attached hydrogens (tertiary/aromatic N) is 3. The summed E-state index contributed by atoms with van der Waals surface area (Å²) in [7, 11) is 0. The van der Waals surface area contributed by atoms with Crippen LogP contribution in [-0.2, 0) is 4.79 Å². The van der Waals surface area contributed by atoms with Gasteiger partial charge in [-0.05, 0) is 31.6 Å². The number of nitriles is 1. The van der Waals surface area contributed by atoms with E-state index in [4.69, 9.17) is 11.1 Å². The van der Waals surface area contributed by atoms with E-state index >= 15 is 0 Å². The van der Waals surface area contributed by atoms with Crippen molar-refractivity contribution < 1.29 is 4.79 Å². The van der Waals surface area contributed by atoms with E-state index in [1.165, 1.54) is 12.8 Å². The predicted molar refractivity (Wildman–Crippen MR) is 75.9 cm³/mol. The Bertz CT molecular complexity index is 362. The number of nitrogens with two attached hydrogens (primary N) is 1. The fourth-order valence-electron chi connectivity index (χ4n) is 2.75. The molecule has 0 aromatic heterocycles. The third-order valence-electron chi connectivity index (χ3n) is 4.12. The van der Waals surface area contributed by atoms with Crippen LogP contribution in [0.1, 0.15) is 32.6 Å². The van der Waals surface area contributed by atoms with Crippen LogP contribution in [0.3, 0.4) is 0 Å². The summed E-state index contributed by atoms with van der Waals surface area (Å²) in [6.45, 7) is 2.50. The fraction of sp³-hybridized carbons (Fsp3) is 0.846. The summed E-state index contributed by atoms with van der Waals surface area (Å²) < 4.78 is 0. The Morgan fingerprint density at radius 3 is 2.79 bits per heavy atom. The Balaban J connectivity index is 1.83. The van der Waals surface area contributed by atoms with E-state index in [-0.39, 0.29) is 18.5 Å². The molecule has 1 saturated carbocycles. The van der Waals surface area contributed by atoms with Crippen molar-refractivity contribution in [2.24, 2.45) is 11.8 Å². The lowest BCUT2D eigenvalue weighted by molar-refractivity contribution is -0.132. The largest absolute Gasteiger partial charge is 0.315 e. The Kier molecular flexibility index (Phi) is 5.08. The minimum atomic E-state index is -0.280. The van der Waals surface area contributed by atoms with Crippen molar-refractivity contribution in [1.29, 1.82) is 5.26 Å². The molecule has 106 valence electrons. The zero-order valence-electron chi connectivity index (χ0n) is 11.4. The summed E-state index contributed by atoms with van der Waals surface area (Å²) in [5.41, 5.74) is 0. The molecule has 5 nitrogen and oxygen atoms in total. The number of carbonyl (C=O) groups excluding carboxylic acids is 1. The fourth-order valence-corrected chi connectivity index (χ4v) is 3.85. The molecule has 19 heavy (non-hydrogen) atoms. The summed E-state index contributed by atoms with van der Waals surface area (Å²) in [6.07, 6.45) is 4.52. The van der Waals surface area contributed by atoms with Gasteiger partial charge in [-0.25, -0.2) is 5.01 Å². The van der Waals surface area contributed by atoms with Gasteiger partial charge in [0.05, 0.1) is 18.5 Å². The molecule has 1 heterocycles. The van der Waals surface area contributed by atoms with Gasteiger partial charge in [-0.1, -0.05) is 6.92 Å². The number of hydrogen-bond acceptors (Lipinski definition) is 5. The minimum Gasteiger partial charge on any atom is -0.315 e. The van der Waals surface area contributed by atoms with Crippen LogP contribution in [0, 0.1) is 17.2 Å². The third kappa shape index (κ3) is 3.62. The molecule has 2 aliphatic rings. The second kappa shape index (κ2) is 6.60. The van der Waals surface area contributed by atoms with Crippen molar-refractivity contribution >= 4 is 17.7 Å². The summed E-state index contributed by atoms with van der Waals surface area (Å²) in [6, 6.07) is 2.21. The minimum absolute atomic E-state index is 0.0160. The van der Waals surface area contributed by atoms with Gasteiger partial charge in [0.15, 0.2) is 0 Å². The van der Waals surface area contributed by atoms with Gasteiger partial charge >= 0.3 is 0 Å². The van der Waals surface area contributed by atoms with Crippen LogP contribution in [0.5, 0.6) is 0 Å². The van der Waals surface area contributed by atoms with Crippen molar-refractivity contribution in [3.05, 3.63) is 0 Å². The first-order valence-corrected chi connectivity index (χ1v) is 8.05. The number of rotatable bonds is 3. The molecule has 0 aromatic rings. The van der Waals surface area contributed by atoms with E-state index in [9.17, 15) is 4.79 Å². The molecule has 1 saturated heterocycles. The van der Waals surface area contributed by atoms with Crippen LogP contribution >= 0.6 is 11.8 Å². The normalized spacial score (nSPS) is 31.5. The van der Waals surface area contributed by atoms with Crippen LogP contribution in [0.4, 0.5) is 0 Å². The number of amides is 1. The molecule has 0 bridgehead atoms. The second-order valence-corrected chi connectivity index (χ2v) is 6.59. The maximum absolute atomic E-state index is 12.2. The molecular weight excluding hydrogens is 260 g/mol. The van der Waals surface area contributed by atoms with Gasteiger partial charge < -0.3 is 4.90 Å². The lowest BCUT2D eigenvalue weighted by atomic mass is 9.87. The van der Waals surface area contributed by atoms with E-state index in [0.717, 1.165) is 18.8 Å². The van der Waals surface area contributed by atoms with Crippen LogP contribution in [-0.4, -0.2) is 46.1 Å². The zero-order chi connectivity index (χ0) is 13.8. The Hall–Kier alpha value is -0.770. The van der Waals surface area contributed by atoms with E-state index in [0.29, 0.717) is 17.7 Å². The molecule has 2 N–H and O–H groups in total. The lowest BCUT2D eigenvalue weighted by Crippen LogP contribution is -2.50. The first kappa shape index (κ1) is 14.6. The highest BCUT2D eigenvalue weighted by molar-refractivity contribution is 7.99. The van der Waals surface area contributed by atoms with Crippen molar-refractivity contribution in [2.45, 2.75) is 44.7 Å². The Morgan fingerprint density at radius 2 is 2.16 bits per heavy atom. The zero-order valence-corrected chi connectivity index (χ0v) is 12.2. The molecule has 1 aliphatic carbocycles. The SMILES string of the molecule is CC1CCC(N(N)CC(=O)N2CSCC2C#N)CC1. The van der Waals surface area contributed by atoms with E-state index in [1.54, 1.807) is 21.7 Å². The predicted octanol–water partition coefficient (Wildman–Crippen LogP) is 1.17. The number of hydrazine groups is 1. The van der Waals surface area contributed by atoms with Gasteiger partial charge in [-0.2, -0.15) is 5.26 Å². The van der Waals surface area contributed by atoms with Crippen LogP contribution < -0.4 is 5.84 Å². The smallest absolute Gasteiger partial charge is 0.239 e. The average molecular weight is 282 g/mol. The topological polar surface area (TPSA) is 73.4 Å². The highest BCUT2D eigenvalue weighted by Crippen LogP contribution is 2.26. The molecule has 0 aromatic carbocycles. The van der Waals surface area contributed by atoms with Gasteiger partial charge in [0.2, 0.25) is 5.91 Å². The summed E-state index contributed by atoms with van der Waals surface area (Å²) >= 11 is 1.63.